The molecule has 2 aromatic rings. The van der Waals surface area contributed by atoms with Crippen molar-refractivity contribution in [3.8, 4) is 5.75 Å². The number of hydrogen-bond acceptors (Lipinski definition) is 3. The summed E-state index contributed by atoms with van der Waals surface area (Å²) in [6.07, 6.45) is 2.50. The van der Waals surface area contributed by atoms with Crippen LogP contribution >= 0.6 is 0 Å². The Hall–Kier alpha value is -2.37. The Morgan fingerprint density at radius 2 is 2.04 bits per heavy atom. The summed E-state index contributed by atoms with van der Waals surface area (Å²) in [6, 6.07) is 5.91. The normalized spacial score (nSPS) is 10.8. The molecule has 0 radical (unpaired) electrons. The minimum atomic E-state index is -0.335. The molecule has 1 heterocycles. The average molecular weight is 319 g/mol. The first kappa shape index (κ1) is 17.0. The summed E-state index contributed by atoms with van der Waals surface area (Å²) in [4.78, 5) is 16.1. The number of nitrogens with one attached hydrogen (secondary N) is 1. The molecule has 124 valence electrons. The molecule has 6 heteroatoms. The summed E-state index contributed by atoms with van der Waals surface area (Å²) >= 11 is 0. The molecule has 0 aliphatic carbocycles. The number of imidazole rings is 1. The monoisotopic (exact) mass is 319 g/mol. The van der Waals surface area contributed by atoms with E-state index in [1.165, 1.54) is 24.3 Å². The van der Waals surface area contributed by atoms with Gasteiger partial charge in [-0.2, -0.15) is 0 Å². The lowest BCUT2D eigenvalue weighted by Crippen LogP contribution is -2.31. The highest BCUT2D eigenvalue weighted by molar-refractivity contribution is 5.77. The lowest BCUT2D eigenvalue weighted by atomic mass is 10.3. The molecule has 0 aliphatic rings. The van der Waals surface area contributed by atoms with Crippen LogP contribution in [0.1, 0.15) is 31.4 Å². The van der Waals surface area contributed by atoms with Crippen molar-refractivity contribution in [2.24, 2.45) is 0 Å². The number of rotatable bonds is 7. The fourth-order valence-corrected chi connectivity index (χ4v) is 2.43. The highest BCUT2D eigenvalue weighted by atomic mass is 19.1. The largest absolute Gasteiger partial charge is 0.484 e. The van der Waals surface area contributed by atoms with Gasteiger partial charge in [0.15, 0.2) is 6.61 Å². The van der Waals surface area contributed by atoms with Gasteiger partial charge in [0, 0.05) is 30.9 Å². The van der Waals surface area contributed by atoms with E-state index in [0.29, 0.717) is 24.8 Å². The van der Waals surface area contributed by atoms with E-state index in [0.717, 1.165) is 11.5 Å². The number of hydrogen-bond donors (Lipinski definition) is 1. The van der Waals surface area contributed by atoms with Crippen LogP contribution in [-0.4, -0.2) is 28.6 Å². The van der Waals surface area contributed by atoms with Crippen molar-refractivity contribution in [3.05, 3.63) is 47.8 Å². The molecule has 1 amide bonds. The predicted molar refractivity (Wildman–Crippen MR) is 86.0 cm³/mol. The number of aromatic nitrogens is 2. The maximum absolute atomic E-state index is 12.8. The maximum atomic E-state index is 12.8. The number of nitrogens with zero attached hydrogens (tertiary/aromatic N) is 2. The van der Waals surface area contributed by atoms with Crippen molar-refractivity contribution < 1.29 is 13.9 Å². The van der Waals surface area contributed by atoms with Crippen molar-refractivity contribution in [2.75, 3.05) is 13.2 Å². The van der Waals surface area contributed by atoms with E-state index < -0.39 is 0 Å². The second kappa shape index (κ2) is 7.76. The molecule has 0 saturated carbocycles. The summed E-state index contributed by atoms with van der Waals surface area (Å²) in [5, 5.41) is 2.80. The van der Waals surface area contributed by atoms with Crippen LogP contribution in [-0.2, 0) is 11.2 Å². The van der Waals surface area contributed by atoms with Crippen LogP contribution in [0.2, 0.25) is 0 Å². The molecule has 0 atom stereocenters. The maximum Gasteiger partial charge on any atom is 0.257 e. The minimum absolute atomic E-state index is 0.0940. The van der Waals surface area contributed by atoms with Gasteiger partial charge < -0.3 is 14.6 Å². The van der Waals surface area contributed by atoms with Gasteiger partial charge in [0.2, 0.25) is 0 Å². The zero-order chi connectivity index (χ0) is 16.8. The molecule has 0 spiro atoms. The highest BCUT2D eigenvalue weighted by Crippen LogP contribution is 2.13. The molecular weight excluding hydrogens is 297 g/mol. The number of carbonyl (C=O) groups excluding carboxylic acids is 1. The van der Waals surface area contributed by atoms with Crippen molar-refractivity contribution in [3.63, 3.8) is 0 Å². The first-order chi connectivity index (χ1) is 11.0. The molecule has 1 aromatic heterocycles. The molecule has 0 fully saturated rings. The second-order valence-corrected chi connectivity index (χ2v) is 5.62. The van der Waals surface area contributed by atoms with Gasteiger partial charge in [-0.1, -0.05) is 0 Å². The highest BCUT2D eigenvalue weighted by Gasteiger charge is 2.10. The van der Waals surface area contributed by atoms with E-state index in [1.807, 2.05) is 13.1 Å². The summed E-state index contributed by atoms with van der Waals surface area (Å²) in [5.41, 5.74) is 1.11. The molecule has 23 heavy (non-hydrogen) atoms. The minimum Gasteiger partial charge on any atom is -0.484 e. The van der Waals surface area contributed by atoms with Crippen LogP contribution < -0.4 is 10.1 Å². The molecule has 1 N–H and O–H groups in total. The van der Waals surface area contributed by atoms with E-state index in [-0.39, 0.29) is 18.3 Å². The SMILES string of the molecule is Cc1cnc(CCNC(=O)COc2ccc(F)cc2)n1C(C)C. The topological polar surface area (TPSA) is 56.1 Å². The van der Waals surface area contributed by atoms with Crippen molar-refractivity contribution in [1.82, 2.24) is 14.9 Å². The molecule has 1 aromatic carbocycles. The van der Waals surface area contributed by atoms with E-state index in [9.17, 15) is 9.18 Å². The van der Waals surface area contributed by atoms with Gasteiger partial charge in [-0.25, -0.2) is 9.37 Å². The summed E-state index contributed by atoms with van der Waals surface area (Å²) in [5.74, 6) is 0.872. The van der Waals surface area contributed by atoms with Crippen LogP contribution in [0.5, 0.6) is 5.75 Å². The first-order valence-electron chi connectivity index (χ1n) is 7.65. The van der Waals surface area contributed by atoms with E-state index in [4.69, 9.17) is 4.74 Å². The van der Waals surface area contributed by atoms with Crippen LogP contribution in [0.3, 0.4) is 0 Å². The molecule has 0 aliphatic heterocycles. The molecule has 0 saturated heterocycles. The molecular formula is C17H22FN3O2. The smallest absolute Gasteiger partial charge is 0.257 e. The van der Waals surface area contributed by atoms with Crippen LogP contribution in [0.4, 0.5) is 4.39 Å². The molecule has 2 rings (SSSR count). The third-order valence-corrected chi connectivity index (χ3v) is 3.43. The van der Waals surface area contributed by atoms with Crippen molar-refractivity contribution in [2.45, 2.75) is 33.2 Å². The van der Waals surface area contributed by atoms with Gasteiger partial charge in [-0.3, -0.25) is 4.79 Å². The molecule has 0 unspecified atom stereocenters. The number of aryl methyl sites for hydroxylation is 1. The third-order valence-electron chi connectivity index (χ3n) is 3.43. The second-order valence-electron chi connectivity index (χ2n) is 5.62. The van der Waals surface area contributed by atoms with E-state index >= 15 is 0 Å². The molecule has 5 nitrogen and oxygen atoms in total. The number of carbonyl (C=O) groups is 1. The van der Waals surface area contributed by atoms with Crippen LogP contribution in [0, 0.1) is 12.7 Å². The fourth-order valence-electron chi connectivity index (χ4n) is 2.43. The van der Waals surface area contributed by atoms with Gasteiger partial charge in [-0.15, -0.1) is 0 Å². The van der Waals surface area contributed by atoms with Crippen LogP contribution in [0.25, 0.3) is 0 Å². The lowest BCUT2D eigenvalue weighted by Gasteiger charge is -2.14. The Morgan fingerprint density at radius 3 is 2.70 bits per heavy atom. The van der Waals surface area contributed by atoms with Gasteiger partial charge in [0.1, 0.15) is 17.4 Å². The van der Waals surface area contributed by atoms with Crippen molar-refractivity contribution >= 4 is 5.91 Å². The quantitative estimate of drug-likeness (QED) is 0.853. The van der Waals surface area contributed by atoms with Gasteiger partial charge in [0.25, 0.3) is 5.91 Å². The third kappa shape index (κ3) is 4.81. The average Bonchev–Trinajstić information content (AvgIpc) is 2.88. The predicted octanol–water partition coefficient (Wildman–Crippen LogP) is 2.65. The summed E-state index contributed by atoms with van der Waals surface area (Å²) in [6.45, 7) is 6.63. The number of halogens is 1. The zero-order valence-electron chi connectivity index (χ0n) is 13.7. The van der Waals surface area contributed by atoms with E-state index in [1.54, 1.807) is 0 Å². The summed E-state index contributed by atoms with van der Waals surface area (Å²) in [7, 11) is 0. The fraction of sp³-hybridized carbons (Fsp3) is 0.412. The van der Waals surface area contributed by atoms with E-state index in [2.05, 4.69) is 28.7 Å². The number of amides is 1. The van der Waals surface area contributed by atoms with Gasteiger partial charge in [-0.05, 0) is 45.0 Å². The van der Waals surface area contributed by atoms with Crippen LogP contribution in [0.15, 0.2) is 30.5 Å². The van der Waals surface area contributed by atoms with Gasteiger partial charge in [0.05, 0.1) is 0 Å². The Kier molecular flexibility index (Phi) is 5.73. The summed E-state index contributed by atoms with van der Waals surface area (Å²) < 4.78 is 20.2. The number of ether oxygens (including phenoxy) is 1. The van der Waals surface area contributed by atoms with Crippen molar-refractivity contribution in [1.29, 1.82) is 0 Å². The zero-order valence-corrected chi connectivity index (χ0v) is 13.7. The Morgan fingerprint density at radius 1 is 1.35 bits per heavy atom. The number of benzene rings is 1. The lowest BCUT2D eigenvalue weighted by molar-refractivity contribution is -0.123. The Bertz CT molecular complexity index is 650. The standard InChI is InChI=1S/C17H22FN3O2/c1-12(2)21-13(3)10-20-16(21)8-9-19-17(22)11-23-15-6-4-14(18)5-7-15/h4-7,10,12H,8-9,11H2,1-3H3,(H,19,22). The molecule has 0 bridgehead atoms. The Labute approximate surface area is 135 Å². The van der Waals surface area contributed by atoms with Gasteiger partial charge >= 0.3 is 0 Å². The first-order valence-corrected chi connectivity index (χ1v) is 7.65. The Balaban J connectivity index is 1.76.